The number of rotatable bonds is 6. The maximum absolute atomic E-state index is 14.8. The van der Waals surface area contributed by atoms with E-state index in [9.17, 15) is 33.5 Å². The van der Waals surface area contributed by atoms with Crippen LogP contribution in [0.3, 0.4) is 0 Å². The third kappa shape index (κ3) is 4.59. The largest absolute Gasteiger partial charge is 0.378 e. The zero-order valence-corrected chi connectivity index (χ0v) is 19.0. The smallest absolute Gasteiger partial charge is 0.256 e. The van der Waals surface area contributed by atoms with Crippen LogP contribution in [0.5, 0.6) is 0 Å². The summed E-state index contributed by atoms with van der Waals surface area (Å²) in [6.45, 7) is 0.470. The number of alkyl halides is 2. The van der Waals surface area contributed by atoms with Gasteiger partial charge < -0.3 is 20.6 Å². The van der Waals surface area contributed by atoms with E-state index < -0.39 is 60.2 Å². The molecule has 6 atom stereocenters. The molecule has 1 aromatic rings. The van der Waals surface area contributed by atoms with Gasteiger partial charge in [0, 0.05) is 29.9 Å². The fourth-order valence-corrected chi connectivity index (χ4v) is 5.54. The number of halogens is 3. The molecule has 1 aromatic carbocycles. The van der Waals surface area contributed by atoms with Gasteiger partial charge in [-0.05, 0) is 43.4 Å². The highest BCUT2D eigenvalue weighted by molar-refractivity contribution is 6.30. The highest BCUT2D eigenvalue weighted by Gasteiger charge is 2.61. The zero-order valence-electron chi connectivity index (χ0n) is 18.2. The Morgan fingerprint density at radius 2 is 2.12 bits per heavy atom. The number of hydrogen-bond donors (Lipinski definition) is 3. The van der Waals surface area contributed by atoms with Gasteiger partial charge in [0.2, 0.25) is 11.8 Å². The minimum atomic E-state index is -3.17. The van der Waals surface area contributed by atoms with Crippen LogP contribution in [0.15, 0.2) is 24.3 Å². The Balaban J connectivity index is 1.58. The minimum Gasteiger partial charge on any atom is -0.378 e. The second kappa shape index (κ2) is 9.47. The maximum Gasteiger partial charge on any atom is 0.256 e. The molecule has 182 valence electrons. The van der Waals surface area contributed by atoms with E-state index in [1.807, 2.05) is 6.07 Å². The third-order valence-electron chi connectivity index (χ3n) is 7.01. The molecule has 1 aliphatic carbocycles. The van der Waals surface area contributed by atoms with Crippen molar-refractivity contribution in [2.75, 3.05) is 6.54 Å². The van der Waals surface area contributed by atoms with Crippen molar-refractivity contribution in [3.05, 3.63) is 34.9 Å². The van der Waals surface area contributed by atoms with E-state index in [-0.39, 0.29) is 35.8 Å². The first kappa shape index (κ1) is 24.4. The number of aliphatic hydroxyl groups excluding tert-OH is 1. The number of hydrogen-bond acceptors (Lipinski definition) is 5. The fraction of sp³-hybridized carbons (Fsp3) is 0.565. The number of piperidine rings is 2. The lowest BCUT2D eigenvalue weighted by molar-refractivity contribution is -0.198. The van der Waals surface area contributed by atoms with Gasteiger partial charge in [0.15, 0.2) is 6.10 Å². The van der Waals surface area contributed by atoms with Crippen molar-refractivity contribution in [3.63, 3.8) is 0 Å². The molecule has 11 heteroatoms. The van der Waals surface area contributed by atoms with Crippen molar-refractivity contribution in [2.24, 2.45) is 11.8 Å². The number of carbonyl (C=O) groups is 3. The molecule has 4 aliphatic rings. The summed E-state index contributed by atoms with van der Waals surface area (Å²) in [6, 6.07) is 4.35. The van der Waals surface area contributed by atoms with Gasteiger partial charge in [-0.3, -0.25) is 14.4 Å². The van der Waals surface area contributed by atoms with Crippen LogP contribution < -0.4 is 10.6 Å². The van der Waals surface area contributed by atoms with E-state index in [1.165, 1.54) is 12.1 Å². The van der Waals surface area contributed by atoms with Gasteiger partial charge in [-0.15, -0.1) is 0 Å². The quantitative estimate of drug-likeness (QED) is 0.557. The molecule has 3 saturated heterocycles. The van der Waals surface area contributed by atoms with Crippen molar-refractivity contribution in [2.45, 2.75) is 62.3 Å². The number of nitriles is 1. The molecule has 3 amide bonds. The van der Waals surface area contributed by atoms with Crippen LogP contribution in [-0.2, 0) is 14.4 Å². The molecular formula is C23H25ClF2N4O4. The number of aliphatic hydroxyl groups is 1. The SMILES string of the molecule is N#C[C@@H](C[C@@H]1CCNC1=O)NC(=O)[C@H]1[C@@H]2CC[C@@H](CC2(F)F)N1C(=O)[C@@H](O)c1cccc(Cl)c1. The molecule has 8 nitrogen and oxygen atoms in total. The molecule has 5 rings (SSSR count). The fourth-order valence-electron chi connectivity index (χ4n) is 5.34. The first-order valence-corrected chi connectivity index (χ1v) is 11.6. The average molecular weight is 495 g/mol. The van der Waals surface area contributed by atoms with Crippen LogP contribution in [0.4, 0.5) is 8.78 Å². The summed E-state index contributed by atoms with van der Waals surface area (Å²) >= 11 is 5.95. The molecule has 0 spiro atoms. The number of nitrogens with zero attached hydrogens (tertiary/aromatic N) is 2. The van der Waals surface area contributed by atoms with E-state index in [0.717, 1.165) is 4.90 Å². The molecule has 0 radical (unpaired) electrons. The van der Waals surface area contributed by atoms with E-state index in [2.05, 4.69) is 10.6 Å². The van der Waals surface area contributed by atoms with Crippen LogP contribution >= 0.6 is 11.6 Å². The molecule has 1 saturated carbocycles. The molecule has 2 bridgehead atoms. The molecular weight excluding hydrogens is 470 g/mol. The maximum atomic E-state index is 14.8. The molecule has 3 N–H and O–H groups in total. The monoisotopic (exact) mass is 494 g/mol. The molecule has 34 heavy (non-hydrogen) atoms. The van der Waals surface area contributed by atoms with Crippen LogP contribution in [0, 0.1) is 23.2 Å². The Labute approximate surface area is 200 Å². The zero-order chi connectivity index (χ0) is 24.6. The van der Waals surface area contributed by atoms with Crippen molar-refractivity contribution in [1.29, 1.82) is 5.26 Å². The molecule has 3 aliphatic heterocycles. The highest BCUT2D eigenvalue weighted by atomic mass is 35.5. The Morgan fingerprint density at radius 1 is 1.35 bits per heavy atom. The van der Waals surface area contributed by atoms with Gasteiger partial charge in [0.05, 0.1) is 12.0 Å². The number of nitrogens with one attached hydrogen (secondary N) is 2. The summed E-state index contributed by atoms with van der Waals surface area (Å²) in [4.78, 5) is 39.4. The van der Waals surface area contributed by atoms with Gasteiger partial charge >= 0.3 is 0 Å². The van der Waals surface area contributed by atoms with Gasteiger partial charge in [-0.2, -0.15) is 5.26 Å². The van der Waals surface area contributed by atoms with Crippen LogP contribution in [0.1, 0.15) is 43.8 Å². The standard InChI is InChI=1S/C23H25ClF2N4O4/c24-14-3-1-2-12(8-14)19(31)22(34)30-16-4-5-17(23(25,26)10-16)18(30)21(33)29-15(11-27)9-13-6-7-28-20(13)32/h1-3,8,13,15-19,31H,4-7,9-10H2,(H,28,32)(H,29,33)/t13-,15+,16-,17-,18+,19-/m0/s1. The predicted octanol–water partition coefficient (Wildman–Crippen LogP) is 1.92. The van der Waals surface area contributed by atoms with Crippen molar-refractivity contribution in [3.8, 4) is 6.07 Å². The second-order valence-corrected chi connectivity index (χ2v) is 9.59. The topological polar surface area (TPSA) is 123 Å². The molecule has 0 aromatic heterocycles. The van der Waals surface area contributed by atoms with Gasteiger partial charge in [-0.1, -0.05) is 23.7 Å². The summed E-state index contributed by atoms with van der Waals surface area (Å²) in [5.41, 5.74) is 0.187. The van der Waals surface area contributed by atoms with E-state index in [1.54, 1.807) is 12.1 Å². The van der Waals surface area contributed by atoms with Gasteiger partial charge in [0.1, 0.15) is 12.1 Å². The van der Waals surface area contributed by atoms with E-state index in [0.29, 0.717) is 13.0 Å². The lowest BCUT2D eigenvalue weighted by Gasteiger charge is -2.54. The summed E-state index contributed by atoms with van der Waals surface area (Å²) in [5, 5.41) is 25.6. The first-order chi connectivity index (χ1) is 16.1. The Kier molecular flexibility index (Phi) is 6.78. The number of amides is 3. The van der Waals surface area contributed by atoms with E-state index >= 15 is 0 Å². The van der Waals surface area contributed by atoms with E-state index in [4.69, 9.17) is 11.6 Å². The molecule has 0 unspecified atom stereocenters. The van der Waals surface area contributed by atoms with Crippen LogP contribution in [0.2, 0.25) is 5.02 Å². The van der Waals surface area contributed by atoms with Gasteiger partial charge in [0.25, 0.3) is 11.8 Å². The van der Waals surface area contributed by atoms with Crippen LogP contribution in [0.25, 0.3) is 0 Å². The highest BCUT2D eigenvalue weighted by Crippen LogP contribution is 2.49. The van der Waals surface area contributed by atoms with Crippen LogP contribution in [-0.4, -0.2) is 58.3 Å². The Morgan fingerprint density at radius 3 is 2.74 bits per heavy atom. The third-order valence-corrected chi connectivity index (χ3v) is 7.25. The molecule has 3 heterocycles. The number of fused-ring (bicyclic) bond motifs is 3. The first-order valence-electron chi connectivity index (χ1n) is 11.2. The predicted molar refractivity (Wildman–Crippen MR) is 116 cm³/mol. The summed E-state index contributed by atoms with van der Waals surface area (Å²) in [6.07, 6.45) is -1.41. The van der Waals surface area contributed by atoms with Crippen molar-refractivity contribution in [1.82, 2.24) is 15.5 Å². The van der Waals surface area contributed by atoms with Gasteiger partial charge in [-0.25, -0.2) is 8.78 Å². The Hall–Kier alpha value is -2.77. The Bertz CT molecular complexity index is 1030. The summed E-state index contributed by atoms with van der Waals surface area (Å²) in [7, 11) is 0. The minimum absolute atomic E-state index is 0.0368. The lowest BCUT2D eigenvalue weighted by atomic mass is 9.71. The van der Waals surface area contributed by atoms with Crippen molar-refractivity contribution >= 4 is 29.3 Å². The summed E-state index contributed by atoms with van der Waals surface area (Å²) in [5.74, 6) is -7.05. The lowest BCUT2D eigenvalue weighted by Crippen LogP contribution is -2.69. The number of benzene rings is 1. The number of carbonyl (C=O) groups excluding carboxylic acids is 3. The molecule has 4 fully saturated rings. The second-order valence-electron chi connectivity index (χ2n) is 9.15. The normalized spacial score (nSPS) is 29.1. The summed E-state index contributed by atoms with van der Waals surface area (Å²) < 4.78 is 29.6. The average Bonchev–Trinajstić information content (AvgIpc) is 3.20. The van der Waals surface area contributed by atoms with Crippen molar-refractivity contribution < 1.29 is 28.3 Å².